The molecule has 0 aliphatic carbocycles. The van der Waals surface area contributed by atoms with Gasteiger partial charge in [0.1, 0.15) is 17.7 Å². The molecule has 0 saturated carbocycles. The van der Waals surface area contributed by atoms with E-state index in [1.54, 1.807) is 26.0 Å². The van der Waals surface area contributed by atoms with Crippen LogP contribution < -0.4 is 0 Å². The van der Waals surface area contributed by atoms with Gasteiger partial charge in [0.15, 0.2) is 5.82 Å². The lowest BCUT2D eigenvalue weighted by Crippen LogP contribution is -2.11. The average Bonchev–Trinajstić information content (AvgIpc) is 3.45. The zero-order valence-corrected chi connectivity index (χ0v) is 28.9. The van der Waals surface area contributed by atoms with Crippen LogP contribution in [-0.4, -0.2) is 19.5 Å². The van der Waals surface area contributed by atoms with Crippen molar-refractivity contribution in [2.75, 3.05) is 0 Å². The third kappa shape index (κ3) is 7.46. The van der Waals surface area contributed by atoms with Gasteiger partial charge < -0.3 is 4.57 Å². The van der Waals surface area contributed by atoms with Crippen molar-refractivity contribution in [2.24, 2.45) is 0 Å². The summed E-state index contributed by atoms with van der Waals surface area (Å²) in [6, 6.07) is 16.5. The van der Waals surface area contributed by atoms with E-state index in [2.05, 4.69) is 21.0 Å². The van der Waals surface area contributed by atoms with Crippen molar-refractivity contribution < 1.29 is 52.7 Å². The lowest BCUT2D eigenvalue weighted by atomic mass is 9.96. The van der Waals surface area contributed by atoms with Crippen molar-refractivity contribution in [3.63, 3.8) is 0 Å². The Hall–Kier alpha value is -6.44. The summed E-state index contributed by atoms with van der Waals surface area (Å²) in [5, 5.41) is 10.4. The summed E-state index contributed by atoms with van der Waals surface area (Å²) >= 11 is 0. The monoisotopic (exact) mass is 799 g/mol. The third-order valence-corrected chi connectivity index (χ3v) is 9.08. The first kappa shape index (κ1) is 38.8. The van der Waals surface area contributed by atoms with Crippen LogP contribution in [-0.2, 0) is 24.7 Å². The number of benzene rings is 5. The maximum absolute atomic E-state index is 13.8. The zero-order chi connectivity index (χ0) is 41.4. The summed E-state index contributed by atoms with van der Waals surface area (Å²) in [6.07, 6.45) is -20.7. The van der Waals surface area contributed by atoms with E-state index in [0.29, 0.717) is 41.5 Å². The van der Waals surface area contributed by atoms with E-state index in [0.717, 1.165) is 0 Å². The molecule has 0 amide bonds. The Bertz CT molecular complexity index is 2570. The minimum absolute atomic E-state index is 0.0314. The quantitative estimate of drug-likeness (QED) is 0.166. The van der Waals surface area contributed by atoms with E-state index in [-0.39, 0.29) is 62.1 Å². The van der Waals surface area contributed by atoms with Gasteiger partial charge >= 0.3 is 24.7 Å². The van der Waals surface area contributed by atoms with Crippen LogP contribution >= 0.6 is 0 Å². The van der Waals surface area contributed by atoms with E-state index in [9.17, 15) is 57.9 Å². The normalized spacial score (nSPS) is 12.7. The molecule has 290 valence electrons. The molecule has 0 saturated heterocycles. The van der Waals surface area contributed by atoms with Crippen molar-refractivity contribution >= 4 is 21.8 Å². The molecule has 0 unspecified atom stereocenters. The molecule has 5 aromatic carbocycles. The fourth-order valence-electron chi connectivity index (χ4n) is 6.58. The van der Waals surface area contributed by atoms with Gasteiger partial charge in [-0.2, -0.15) is 57.9 Å². The Morgan fingerprint density at radius 2 is 0.842 bits per heavy atom. The van der Waals surface area contributed by atoms with Gasteiger partial charge in [0.2, 0.25) is 0 Å². The Kier molecular flexibility index (Phi) is 9.09. The third-order valence-electron chi connectivity index (χ3n) is 9.08. The minimum atomic E-state index is -5.17. The van der Waals surface area contributed by atoms with E-state index < -0.39 is 58.1 Å². The molecule has 0 aliphatic heterocycles. The molecule has 17 heteroatoms. The first-order chi connectivity index (χ1) is 26.5. The van der Waals surface area contributed by atoms with Gasteiger partial charge in [-0.25, -0.2) is 15.0 Å². The molecule has 0 spiro atoms. The summed E-state index contributed by atoms with van der Waals surface area (Å²) < 4.78 is 168. The lowest BCUT2D eigenvalue weighted by Gasteiger charge is -2.15. The van der Waals surface area contributed by atoms with E-state index in [1.165, 1.54) is 47.0 Å². The van der Waals surface area contributed by atoms with Crippen LogP contribution in [0.5, 0.6) is 0 Å². The second kappa shape index (κ2) is 13.4. The zero-order valence-electron chi connectivity index (χ0n) is 28.9. The second-order valence-electron chi connectivity index (χ2n) is 13.0. The molecule has 7 aromatic rings. The Morgan fingerprint density at radius 1 is 0.456 bits per heavy atom. The van der Waals surface area contributed by atoms with Gasteiger partial charge in [0.05, 0.1) is 44.5 Å². The number of halogens is 12. The van der Waals surface area contributed by atoms with Crippen LogP contribution in [0.1, 0.15) is 39.5 Å². The molecule has 5 nitrogen and oxygen atoms in total. The molecule has 7 rings (SSSR count). The molecule has 2 heterocycles. The molecule has 0 fully saturated rings. The Labute approximate surface area is 313 Å². The molecule has 0 radical (unpaired) electrons. The van der Waals surface area contributed by atoms with E-state index in [4.69, 9.17) is 0 Å². The topological polar surface area (TPSA) is 67.4 Å². The number of aryl methyl sites for hydroxylation is 2. The maximum Gasteiger partial charge on any atom is 0.416 e. The van der Waals surface area contributed by atoms with E-state index >= 15 is 0 Å². The highest BCUT2D eigenvalue weighted by Gasteiger charge is 2.38. The van der Waals surface area contributed by atoms with Gasteiger partial charge in [0.25, 0.3) is 0 Å². The molecule has 0 N–H and O–H groups in total. The van der Waals surface area contributed by atoms with Crippen LogP contribution in [0.2, 0.25) is 0 Å². The summed E-state index contributed by atoms with van der Waals surface area (Å²) in [5.41, 5.74) is -6.42. The SMILES string of the molecule is Cc1nc(C)nc(-c2ccc(C#N)c(-n3c4ccc(-c5cc(C(F)(F)F)cc(C(F)(F)F)c5)cc4c4cc(-c5cc(C(F)(F)F)cc(C(F)(F)F)c5)ccc43)c2)n1. The predicted molar refractivity (Wildman–Crippen MR) is 185 cm³/mol. The minimum Gasteiger partial charge on any atom is -0.308 e. The van der Waals surface area contributed by atoms with Gasteiger partial charge in [0, 0.05) is 16.3 Å². The average molecular weight is 800 g/mol. The lowest BCUT2D eigenvalue weighted by molar-refractivity contribution is -0.144. The first-order valence-corrected chi connectivity index (χ1v) is 16.4. The van der Waals surface area contributed by atoms with Crippen molar-refractivity contribution in [3.8, 4) is 45.4 Å². The predicted octanol–water partition coefficient (Wildman–Crippen LogP) is 12.5. The van der Waals surface area contributed by atoms with Crippen LogP contribution in [0, 0.1) is 25.2 Å². The number of hydrogen-bond acceptors (Lipinski definition) is 4. The summed E-state index contributed by atoms with van der Waals surface area (Å²) in [7, 11) is 0. The van der Waals surface area contributed by atoms with Crippen molar-refractivity contribution in [3.05, 3.63) is 130 Å². The maximum atomic E-state index is 13.8. The highest BCUT2D eigenvalue weighted by atomic mass is 19.4. The number of aromatic nitrogens is 4. The first-order valence-electron chi connectivity index (χ1n) is 16.4. The van der Waals surface area contributed by atoms with Gasteiger partial charge in [-0.05, 0) is 115 Å². The number of alkyl halides is 12. The van der Waals surface area contributed by atoms with Crippen molar-refractivity contribution in [1.29, 1.82) is 5.26 Å². The Balaban J connectivity index is 1.55. The van der Waals surface area contributed by atoms with Crippen LogP contribution in [0.15, 0.2) is 91.0 Å². The molecular formula is C40H21F12N5. The summed E-state index contributed by atoms with van der Waals surface area (Å²) in [4.78, 5) is 12.9. The van der Waals surface area contributed by atoms with Crippen molar-refractivity contribution in [1.82, 2.24) is 19.5 Å². The number of nitrogens with zero attached hydrogens (tertiary/aromatic N) is 5. The number of nitriles is 1. The number of rotatable bonds is 4. The fraction of sp³-hybridized carbons (Fsp3) is 0.150. The molecule has 0 aliphatic rings. The largest absolute Gasteiger partial charge is 0.416 e. The molecule has 0 bridgehead atoms. The van der Waals surface area contributed by atoms with Crippen LogP contribution in [0.3, 0.4) is 0 Å². The molecule has 0 atom stereocenters. The van der Waals surface area contributed by atoms with Crippen molar-refractivity contribution in [2.45, 2.75) is 38.6 Å². The smallest absolute Gasteiger partial charge is 0.308 e. The van der Waals surface area contributed by atoms with Crippen LogP contribution in [0.4, 0.5) is 52.7 Å². The molecule has 2 aromatic heterocycles. The highest BCUT2D eigenvalue weighted by molar-refractivity contribution is 6.12. The van der Waals surface area contributed by atoms with Gasteiger partial charge in [-0.3, -0.25) is 0 Å². The van der Waals surface area contributed by atoms with Gasteiger partial charge in [-0.1, -0.05) is 12.1 Å². The summed E-state index contributed by atoms with van der Waals surface area (Å²) in [5.74, 6) is 0.991. The van der Waals surface area contributed by atoms with Gasteiger partial charge in [-0.15, -0.1) is 0 Å². The highest BCUT2D eigenvalue weighted by Crippen LogP contribution is 2.43. The number of hydrogen-bond donors (Lipinski definition) is 0. The fourth-order valence-corrected chi connectivity index (χ4v) is 6.58. The van der Waals surface area contributed by atoms with Crippen LogP contribution in [0.25, 0.3) is 61.1 Å². The van der Waals surface area contributed by atoms with E-state index in [1.807, 2.05) is 0 Å². The molecular weight excluding hydrogens is 778 g/mol. The standard InChI is InChI=1S/C40H21F12N5/c1-19-54-20(2)56-36(55-19)23-3-4-24(18-53)35(15-23)57-33-7-5-21(25-9-27(37(41,42)43)16-28(10-25)38(44,45)46)13-31(33)32-14-22(6-8-34(32)57)26-11-29(39(47,48)49)17-30(12-26)40(50,51)52/h3-17H,1-2H3. The second-order valence-corrected chi connectivity index (χ2v) is 13.0. The number of fused-ring (bicyclic) bond motifs is 3. The Morgan fingerprint density at radius 3 is 1.21 bits per heavy atom. The summed E-state index contributed by atoms with van der Waals surface area (Å²) in [6.45, 7) is 3.27. The molecule has 57 heavy (non-hydrogen) atoms.